The summed E-state index contributed by atoms with van der Waals surface area (Å²) in [6.07, 6.45) is 6.33. The summed E-state index contributed by atoms with van der Waals surface area (Å²) in [4.78, 5) is 13.9. The first-order chi connectivity index (χ1) is 12.2. The van der Waals surface area contributed by atoms with Crippen molar-refractivity contribution in [1.29, 1.82) is 0 Å². The van der Waals surface area contributed by atoms with Crippen LogP contribution in [0.3, 0.4) is 0 Å². The first kappa shape index (κ1) is 24.7. The fourth-order valence-corrected chi connectivity index (χ4v) is 1.77. The van der Waals surface area contributed by atoms with Crippen LogP contribution in [-0.2, 0) is 6.42 Å². The number of rotatable bonds is 1. The fourth-order valence-electron chi connectivity index (χ4n) is 1.77. The fraction of sp³-hybridized carbons (Fsp3) is 0.318. The predicted molar refractivity (Wildman–Crippen MR) is 112 cm³/mol. The van der Waals surface area contributed by atoms with Gasteiger partial charge in [-0.15, -0.1) is 6.58 Å². The second-order valence-corrected chi connectivity index (χ2v) is 4.29. The highest BCUT2D eigenvalue weighted by Crippen LogP contribution is 2.02. The lowest BCUT2D eigenvalue weighted by Gasteiger charge is -2.00. The highest BCUT2D eigenvalue weighted by Gasteiger charge is 1.99. The molecular formula is C22H34N2O. The predicted octanol–water partition coefficient (Wildman–Crippen LogP) is 6.12. The molecule has 1 aromatic carbocycles. The van der Waals surface area contributed by atoms with Crippen molar-refractivity contribution < 1.29 is 0 Å². The van der Waals surface area contributed by atoms with Gasteiger partial charge in [0, 0.05) is 18.1 Å². The highest BCUT2D eigenvalue weighted by atomic mass is 16.1. The van der Waals surface area contributed by atoms with E-state index in [0.717, 1.165) is 12.1 Å². The van der Waals surface area contributed by atoms with E-state index in [1.807, 2.05) is 93.7 Å². The summed E-state index contributed by atoms with van der Waals surface area (Å²) in [5.41, 5.74) is 1.81. The molecule has 3 aromatic rings. The van der Waals surface area contributed by atoms with Crippen molar-refractivity contribution in [3.63, 3.8) is 0 Å². The molecular weight excluding hydrogens is 308 g/mol. The van der Waals surface area contributed by atoms with Crippen molar-refractivity contribution in [2.45, 2.75) is 48.0 Å². The zero-order valence-corrected chi connectivity index (χ0v) is 16.6. The van der Waals surface area contributed by atoms with Crippen LogP contribution in [0.1, 0.15) is 47.2 Å². The van der Waals surface area contributed by atoms with E-state index in [-0.39, 0.29) is 5.56 Å². The molecule has 0 aliphatic rings. The minimum atomic E-state index is -0.0304. The third-order valence-corrected chi connectivity index (χ3v) is 2.69. The van der Waals surface area contributed by atoms with Crippen LogP contribution >= 0.6 is 0 Å². The van der Waals surface area contributed by atoms with E-state index in [0.29, 0.717) is 5.52 Å². The maximum Gasteiger partial charge on any atom is 0.272 e. The summed E-state index contributed by atoms with van der Waals surface area (Å²) in [5.74, 6) is 0. The Balaban J connectivity index is 0. The number of allylic oxidation sites excluding steroid dienone is 1. The van der Waals surface area contributed by atoms with E-state index < -0.39 is 0 Å². The van der Waals surface area contributed by atoms with E-state index in [2.05, 4.69) is 18.5 Å². The molecule has 3 nitrogen and oxygen atoms in total. The second-order valence-electron chi connectivity index (χ2n) is 4.29. The van der Waals surface area contributed by atoms with Crippen LogP contribution in [0, 0.1) is 0 Å². The number of nitrogens with zero attached hydrogens (tertiary/aromatic N) is 1. The van der Waals surface area contributed by atoms with Gasteiger partial charge in [0.25, 0.3) is 5.56 Å². The van der Waals surface area contributed by atoms with Crippen LogP contribution in [-0.4, -0.2) is 9.38 Å². The molecule has 0 aliphatic heterocycles. The molecule has 0 radical (unpaired) electrons. The van der Waals surface area contributed by atoms with Crippen molar-refractivity contribution in [2.75, 3.05) is 0 Å². The summed E-state index contributed by atoms with van der Waals surface area (Å²) >= 11 is 0. The summed E-state index contributed by atoms with van der Waals surface area (Å²) < 4.78 is 1.92. The number of fused-ring (bicyclic) bond motifs is 1. The second kappa shape index (κ2) is 17.8. The Kier molecular flexibility index (Phi) is 17.6. The lowest BCUT2D eigenvalue weighted by molar-refractivity contribution is 0.945. The van der Waals surface area contributed by atoms with Gasteiger partial charge < -0.3 is 9.38 Å². The Bertz CT molecular complexity index is 670. The standard InChI is InChI=1S/C9H10N2O.C6H6.C3H6.2C2H6/c1-2-7-6-10-9(12)8-4-3-5-11(7)8;1-2-4-6-5-3-1;1-3-2;2*1-2/h3-6H,2H2,1H3,(H,10,12);1-6H;3H,1H2,2H3;2*1-2H3. The van der Waals surface area contributed by atoms with Crippen molar-refractivity contribution in [1.82, 2.24) is 9.38 Å². The molecule has 25 heavy (non-hydrogen) atoms. The van der Waals surface area contributed by atoms with Crippen molar-refractivity contribution >= 4 is 5.52 Å². The summed E-state index contributed by atoms with van der Waals surface area (Å²) in [6.45, 7) is 15.3. The Hall–Kier alpha value is -2.55. The van der Waals surface area contributed by atoms with Crippen molar-refractivity contribution in [3.05, 3.63) is 89.6 Å². The molecule has 0 saturated heterocycles. The molecule has 0 bridgehead atoms. The molecule has 3 rings (SSSR count). The molecule has 2 heterocycles. The highest BCUT2D eigenvalue weighted by molar-refractivity contribution is 5.45. The van der Waals surface area contributed by atoms with Gasteiger partial charge in [0.15, 0.2) is 0 Å². The third kappa shape index (κ3) is 10.0. The first-order valence-corrected chi connectivity index (χ1v) is 8.99. The van der Waals surface area contributed by atoms with Gasteiger partial charge in [0.1, 0.15) is 5.52 Å². The van der Waals surface area contributed by atoms with E-state index in [1.54, 1.807) is 12.3 Å². The van der Waals surface area contributed by atoms with Crippen LogP contribution < -0.4 is 5.56 Å². The van der Waals surface area contributed by atoms with Gasteiger partial charge in [0.05, 0.1) is 0 Å². The van der Waals surface area contributed by atoms with Crippen molar-refractivity contribution in [3.8, 4) is 0 Å². The van der Waals surface area contributed by atoms with Gasteiger partial charge in [-0.2, -0.15) is 0 Å². The van der Waals surface area contributed by atoms with E-state index in [9.17, 15) is 4.79 Å². The van der Waals surface area contributed by atoms with Gasteiger partial charge in [0.2, 0.25) is 0 Å². The minimum Gasteiger partial charge on any atom is -0.326 e. The molecule has 1 N–H and O–H groups in total. The molecule has 0 atom stereocenters. The monoisotopic (exact) mass is 342 g/mol. The number of benzene rings is 1. The molecule has 0 amide bonds. The average Bonchev–Trinajstić information content (AvgIpc) is 3.19. The summed E-state index contributed by atoms with van der Waals surface area (Å²) in [7, 11) is 0. The zero-order valence-electron chi connectivity index (χ0n) is 16.6. The first-order valence-electron chi connectivity index (χ1n) is 8.99. The number of aromatic amines is 1. The number of H-pyrrole nitrogens is 1. The lowest BCUT2D eigenvalue weighted by Crippen LogP contribution is -2.10. The number of hydrogen-bond donors (Lipinski definition) is 1. The average molecular weight is 343 g/mol. The van der Waals surface area contributed by atoms with Crippen LogP contribution in [0.5, 0.6) is 0 Å². The summed E-state index contributed by atoms with van der Waals surface area (Å²) in [5, 5.41) is 0. The minimum absolute atomic E-state index is 0.0304. The van der Waals surface area contributed by atoms with Crippen molar-refractivity contribution in [2.24, 2.45) is 0 Å². The normalized spacial score (nSPS) is 8.08. The molecule has 3 heteroatoms. The quantitative estimate of drug-likeness (QED) is 0.531. The van der Waals surface area contributed by atoms with E-state index >= 15 is 0 Å². The van der Waals surface area contributed by atoms with Gasteiger partial charge >= 0.3 is 0 Å². The number of nitrogens with one attached hydrogen (secondary N) is 1. The number of aryl methyl sites for hydroxylation is 1. The Morgan fingerprint density at radius 1 is 1.00 bits per heavy atom. The van der Waals surface area contributed by atoms with Crippen LogP contribution in [0.25, 0.3) is 5.52 Å². The van der Waals surface area contributed by atoms with Crippen LogP contribution in [0.4, 0.5) is 0 Å². The largest absolute Gasteiger partial charge is 0.326 e. The van der Waals surface area contributed by atoms with Crippen LogP contribution in [0.15, 0.2) is 78.4 Å². The van der Waals surface area contributed by atoms with E-state index in [4.69, 9.17) is 0 Å². The van der Waals surface area contributed by atoms with Gasteiger partial charge in [-0.3, -0.25) is 4.79 Å². The topological polar surface area (TPSA) is 37.3 Å². The smallest absolute Gasteiger partial charge is 0.272 e. The molecule has 2 aromatic heterocycles. The molecule has 138 valence electrons. The number of aromatic nitrogens is 2. The van der Waals surface area contributed by atoms with Crippen LogP contribution in [0.2, 0.25) is 0 Å². The van der Waals surface area contributed by atoms with Gasteiger partial charge in [-0.25, -0.2) is 0 Å². The molecule has 0 unspecified atom stereocenters. The number of hydrogen-bond acceptors (Lipinski definition) is 1. The molecule has 0 saturated carbocycles. The zero-order chi connectivity index (χ0) is 19.5. The third-order valence-electron chi connectivity index (χ3n) is 2.69. The van der Waals surface area contributed by atoms with Gasteiger partial charge in [-0.1, -0.05) is 77.1 Å². The Morgan fingerprint density at radius 2 is 1.44 bits per heavy atom. The maximum absolute atomic E-state index is 11.2. The van der Waals surface area contributed by atoms with E-state index in [1.165, 1.54) is 0 Å². The Labute approximate surface area is 153 Å². The lowest BCUT2D eigenvalue weighted by atomic mass is 10.3. The SMILES string of the molecule is C=CC.CC.CC.CCc1c[nH]c(=O)c2cccn12.c1ccccc1. The van der Waals surface area contributed by atoms with Gasteiger partial charge in [-0.05, 0) is 25.5 Å². The molecule has 0 aliphatic carbocycles. The Morgan fingerprint density at radius 3 is 1.84 bits per heavy atom. The molecule has 0 fully saturated rings. The summed E-state index contributed by atoms with van der Waals surface area (Å²) in [6, 6.07) is 15.7. The maximum atomic E-state index is 11.2. The molecule has 0 spiro atoms.